The van der Waals surface area contributed by atoms with Crippen LogP contribution in [0.2, 0.25) is 5.02 Å². The van der Waals surface area contributed by atoms with Crippen molar-refractivity contribution in [1.82, 2.24) is 5.32 Å². The van der Waals surface area contributed by atoms with Crippen molar-refractivity contribution in [3.63, 3.8) is 0 Å². The predicted molar refractivity (Wildman–Crippen MR) is 61.2 cm³/mol. The Kier molecular flexibility index (Phi) is 3.72. The molecule has 0 unspecified atom stereocenters. The summed E-state index contributed by atoms with van der Waals surface area (Å²) < 4.78 is 0. The molecule has 0 aliphatic carbocycles. The zero-order chi connectivity index (χ0) is 10.7. The Morgan fingerprint density at radius 3 is 2.79 bits per heavy atom. The van der Waals surface area contributed by atoms with Gasteiger partial charge in [-0.3, -0.25) is 4.79 Å². The number of thiophene rings is 1. The predicted octanol–water partition coefficient (Wildman–Crippen LogP) is 3.02. The Hall–Kier alpha value is -0.800. The third-order valence-electron chi connectivity index (χ3n) is 1.66. The molecular weight excluding hydrogens is 218 g/mol. The molecule has 0 aromatic carbocycles. The Morgan fingerprint density at radius 1 is 1.71 bits per heavy atom. The lowest BCUT2D eigenvalue weighted by molar-refractivity contribution is 0.0961. The molecule has 4 heteroatoms. The molecule has 0 aliphatic heterocycles. The summed E-state index contributed by atoms with van der Waals surface area (Å²) in [6.07, 6.45) is 0. The van der Waals surface area contributed by atoms with Crippen molar-refractivity contribution in [3.05, 3.63) is 33.0 Å². The van der Waals surface area contributed by atoms with E-state index in [2.05, 4.69) is 11.9 Å². The molecule has 2 nitrogen and oxygen atoms in total. The summed E-state index contributed by atoms with van der Waals surface area (Å²) in [5, 5.41) is 5.16. The minimum Gasteiger partial charge on any atom is -0.348 e. The lowest BCUT2D eigenvalue weighted by atomic mass is 10.3. The standard InChI is InChI=1S/C10H12ClNOS/c1-6(2)4-12-10(13)9-8(11)7(3)5-14-9/h5H,1,4H2,2-3H3,(H,12,13). The van der Waals surface area contributed by atoms with Gasteiger partial charge in [0.1, 0.15) is 4.88 Å². The summed E-state index contributed by atoms with van der Waals surface area (Å²) in [5.41, 5.74) is 1.86. The molecule has 0 saturated carbocycles. The fraction of sp³-hybridized carbons (Fsp3) is 0.300. The molecule has 1 aromatic heterocycles. The summed E-state index contributed by atoms with van der Waals surface area (Å²) in [6, 6.07) is 0. The first-order chi connectivity index (χ1) is 6.52. The van der Waals surface area contributed by atoms with Crippen LogP contribution in [0.1, 0.15) is 22.2 Å². The smallest absolute Gasteiger partial charge is 0.263 e. The van der Waals surface area contributed by atoms with E-state index in [1.807, 2.05) is 19.2 Å². The first-order valence-electron chi connectivity index (χ1n) is 4.18. The maximum absolute atomic E-state index is 11.6. The van der Waals surface area contributed by atoms with Gasteiger partial charge >= 0.3 is 0 Å². The molecule has 0 radical (unpaired) electrons. The summed E-state index contributed by atoms with van der Waals surface area (Å²) >= 11 is 7.31. The van der Waals surface area contributed by atoms with Crippen molar-refractivity contribution in [2.75, 3.05) is 6.54 Å². The number of hydrogen-bond acceptors (Lipinski definition) is 2. The highest BCUT2D eigenvalue weighted by Gasteiger charge is 2.13. The zero-order valence-corrected chi connectivity index (χ0v) is 9.76. The van der Waals surface area contributed by atoms with Gasteiger partial charge in [-0.05, 0) is 24.8 Å². The minimum atomic E-state index is -0.129. The molecule has 0 atom stereocenters. The highest BCUT2D eigenvalue weighted by Crippen LogP contribution is 2.26. The number of rotatable bonds is 3. The van der Waals surface area contributed by atoms with E-state index in [1.165, 1.54) is 11.3 Å². The van der Waals surface area contributed by atoms with Gasteiger partial charge in [-0.1, -0.05) is 23.8 Å². The molecule has 0 aliphatic rings. The fourth-order valence-corrected chi connectivity index (χ4v) is 2.09. The number of carbonyl (C=O) groups excluding carboxylic acids is 1. The SMILES string of the molecule is C=C(C)CNC(=O)c1scc(C)c1Cl. The highest BCUT2D eigenvalue weighted by molar-refractivity contribution is 7.13. The van der Waals surface area contributed by atoms with Gasteiger partial charge in [-0.2, -0.15) is 0 Å². The molecule has 1 rings (SSSR count). The van der Waals surface area contributed by atoms with Gasteiger partial charge in [0.05, 0.1) is 5.02 Å². The second kappa shape index (κ2) is 4.62. The number of aryl methyl sites for hydroxylation is 1. The quantitative estimate of drug-likeness (QED) is 0.794. The molecule has 0 saturated heterocycles. The highest BCUT2D eigenvalue weighted by atomic mass is 35.5. The maximum atomic E-state index is 11.6. The first kappa shape index (κ1) is 11.3. The second-order valence-electron chi connectivity index (χ2n) is 3.20. The minimum absolute atomic E-state index is 0.129. The Bertz CT molecular complexity index is 370. The van der Waals surface area contributed by atoms with E-state index in [0.717, 1.165) is 11.1 Å². The van der Waals surface area contributed by atoms with Crippen LogP contribution in [0.3, 0.4) is 0 Å². The van der Waals surface area contributed by atoms with Crippen LogP contribution in [0.4, 0.5) is 0 Å². The Labute approximate surface area is 92.6 Å². The largest absolute Gasteiger partial charge is 0.348 e. The van der Waals surface area contributed by atoms with Crippen molar-refractivity contribution in [2.45, 2.75) is 13.8 Å². The number of amides is 1. The monoisotopic (exact) mass is 229 g/mol. The van der Waals surface area contributed by atoms with Crippen molar-refractivity contribution in [1.29, 1.82) is 0 Å². The number of halogens is 1. The zero-order valence-electron chi connectivity index (χ0n) is 8.19. The molecule has 0 spiro atoms. The van der Waals surface area contributed by atoms with Gasteiger partial charge in [-0.25, -0.2) is 0 Å². The normalized spacial score (nSPS) is 9.93. The van der Waals surface area contributed by atoms with Crippen LogP contribution in [-0.2, 0) is 0 Å². The molecule has 1 N–H and O–H groups in total. The van der Waals surface area contributed by atoms with Gasteiger partial charge in [-0.15, -0.1) is 11.3 Å². The van der Waals surface area contributed by atoms with Crippen molar-refractivity contribution in [2.24, 2.45) is 0 Å². The van der Waals surface area contributed by atoms with Crippen LogP contribution < -0.4 is 5.32 Å². The number of nitrogens with one attached hydrogen (secondary N) is 1. The number of carbonyl (C=O) groups is 1. The molecule has 1 amide bonds. The van der Waals surface area contributed by atoms with Gasteiger partial charge in [0.15, 0.2) is 0 Å². The molecule has 76 valence electrons. The third kappa shape index (κ3) is 2.59. The van der Waals surface area contributed by atoms with E-state index in [1.54, 1.807) is 0 Å². The van der Waals surface area contributed by atoms with Crippen molar-refractivity contribution < 1.29 is 4.79 Å². The van der Waals surface area contributed by atoms with Gasteiger partial charge < -0.3 is 5.32 Å². The van der Waals surface area contributed by atoms with Gasteiger partial charge in [0.2, 0.25) is 0 Å². The summed E-state index contributed by atoms with van der Waals surface area (Å²) in [6.45, 7) is 7.94. The summed E-state index contributed by atoms with van der Waals surface area (Å²) in [7, 11) is 0. The molecule has 14 heavy (non-hydrogen) atoms. The van der Waals surface area contributed by atoms with Crippen LogP contribution in [0.5, 0.6) is 0 Å². The first-order valence-corrected chi connectivity index (χ1v) is 5.44. The average molecular weight is 230 g/mol. The lowest BCUT2D eigenvalue weighted by Crippen LogP contribution is -2.24. The fourth-order valence-electron chi connectivity index (χ4n) is 0.895. The summed E-state index contributed by atoms with van der Waals surface area (Å²) in [5.74, 6) is -0.129. The average Bonchev–Trinajstić information content (AvgIpc) is 2.44. The maximum Gasteiger partial charge on any atom is 0.263 e. The van der Waals surface area contributed by atoms with Crippen LogP contribution in [0.15, 0.2) is 17.5 Å². The molecular formula is C10H12ClNOS. The van der Waals surface area contributed by atoms with Gasteiger partial charge in [0.25, 0.3) is 5.91 Å². The van der Waals surface area contributed by atoms with Crippen LogP contribution >= 0.6 is 22.9 Å². The topological polar surface area (TPSA) is 29.1 Å². The molecule has 1 aromatic rings. The van der Waals surface area contributed by atoms with E-state index < -0.39 is 0 Å². The van der Waals surface area contributed by atoms with E-state index in [0.29, 0.717) is 16.4 Å². The van der Waals surface area contributed by atoms with E-state index in [9.17, 15) is 4.79 Å². The summed E-state index contributed by atoms with van der Waals surface area (Å²) in [4.78, 5) is 12.1. The molecule has 1 heterocycles. The lowest BCUT2D eigenvalue weighted by Gasteiger charge is -2.02. The molecule has 0 fully saturated rings. The molecule has 0 bridgehead atoms. The van der Waals surface area contributed by atoms with E-state index >= 15 is 0 Å². The third-order valence-corrected chi connectivity index (χ3v) is 3.35. The van der Waals surface area contributed by atoms with Crippen molar-refractivity contribution in [3.8, 4) is 0 Å². The van der Waals surface area contributed by atoms with Crippen LogP contribution in [-0.4, -0.2) is 12.5 Å². The van der Waals surface area contributed by atoms with Crippen LogP contribution in [0.25, 0.3) is 0 Å². The number of hydrogen-bond donors (Lipinski definition) is 1. The van der Waals surface area contributed by atoms with E-state index in [4.69, 9.17) is 11.6 Å². The van der Waals surface area contributed by atoms with Crippen molar-refractivity contribution >= 4 is 28.8 Å². The van der Waals surface area contributed by atoms with E-state index in [-0.39, 0.29) is 5.91 Å². The Balaban J connectivity index is 2.70. The second-order valence-corrected chi connectivity index (χ2v) is 4.46. The van der Waals surface area contributed by atoms with Gasteiger partial charge in [0, 0.05) is 6.54 Å². The van der Waals surface area contributed by atoms with Crippen LogP contribution in [0, 0.1) is 6.92 Å². The Morgan fingerprint density at radius 2 is 2.36 bits per heavy atom.